The number of hydrogen-bond acceptors (Lipinski definition) is 4. The summed E-state index contributed by atoms with van der Waals surface area (Å²) in [6, 6.07) is 19.1. The van der Waals surface area contributed by atoms with Crippen LogP contribution in [0.4, 0.5) is 0 Å². The summed E-state index contributed by atoms with van der Waals surface area (Å²) < 4.78 is 0. The maximum absolute atomic E-state index is 13.5. The van der Waals surface area contributed by atoms with Gasteiger partial charge >= 0.3 is 0 Å². The summed E-state index contributed by atoms with van der Waals surface area (Å²) in [4.78, 5) is 34.4. The average Bonchev–Trinajstić information content (AvgIpc) is 3.32. The molecule has 196 valence electrons. The van der Waals surface area contributed by atoms with Gasteiger partial charge in [0.1, 0.15) is 0 Å². The van der Waals surface area contributed by atoms with Gasteiger partial charge in [0.15, 0.2) is 0 Å². The molecule has 1 aliphatic heterocycles. The van der Waals surface area contributed by atoms with Crippen LogP contribution in [0.25, 0.3) is 22.3 Å². The van der Waals surface area contributed by atoms with E-state index in [1.54, 1.807) is 18.3 Å². The van der Waals surface area contributed by atoms with Gasteiger partial charge in [0.25, 0.3) is 5.91 Å². The van der Waals surface area contributed by atoms with Gasteiger partial charge in [-0.2, -0.15) is 0 Å². The molecule has 2 aliphatic rings. The van der Waals surface area contributed by atoms with Crippen LogP contribution in [0.1, 0.15) is 37.4 Å². The molecule has 4 aromatic rings. The van der Waals surface area contributed by atoms with Crippen LogP contribution < -0.4 is 5.73 Å². The number of nitrogens with zero attached hydrogens (tertiary/aromatic N) is 3. The van der Waals surface area contributed by atoms with Gasteiger partial charge in [0.05, 0.1) is 10.0 Å². The van der Waals surface area contributed by atoms with Gasteiger partial charge in [-0.05, 0) is 87.8 Å². The van der Waals surface area contributed by atoms with Gasteiger partial charge < -0.3 is 10.6 Å². The van der Waals surface area contributed by atoms with Crippen molar-refractivity contribution >= 4 is 35.0 Å². The lowest BCUT2D eigenvalue weighted by atomic mass is 9.93. The zero-order valence-electron chi connectivity index (χ0n) is 21.2. The molecule has 0 unspecified atom stereocenters. The first-order chi connectivity index (χ1) is 18.9. The minimum Gasteiger partial charge on any atom is -0.366 e. The van der Waals surface area contributed by atoms with E-state index in [2.05, 4.69) is 16.0 Å². The molecule has 1 aliphatic carbocycles. The maximum atomic E-state index is 13.5. The molecule has 0 bridgehead atoms. The van der Waals surface area contributed by atoms with Crippen molar-refractivity contribution < 1.29 is 9.59 Å². The molecular weight excluding hydrogens is 531 g/mol. The maximum Gasteiger partial charge on any atom is 0.253 e. The number of benzene rings is 3. The number of nitrogens with two attached hydrogens (primary N) is 1. The van der Waals surface area contributed by atoms with Crippen LogP contribution in [-0.2, 0) is 13.0 Å². The second-order valence-corrected chi connectivity index (χ2v) is 10.8. The zero-order valence-corrected chi connectivity index (χ0v) is 22.7. The summed E-state index contributed by atoms with van der Waals surface area (Å²) in [7, 11) is 0. The number of piperazine rings is 1. The van der Waals surface area contributed by atoms with Gasteiger partial charge in [0.2, 0.25) is 5.91 Å². The van der Waals surface area contributed by atoms with E-state index in [0.717, 1.165) is 53.0 Å². The molecule has 39 heavy (non-hydrogen) atoms. The molecule has 0 radical (unpaired) electrons. The lowest BCUT2D eigenvalue weighted by molar-refractivity contribution is 0.0628. The van der Waals surface area contributed by atoms with E-state index in [1.165, 1.54) is 5.56 Å². The van der Waals surface area contributed by atoms with Crippen LogP contribution in [0.5, 0.6) is 0 Å². The number of carbonyl (C=O) groups excluding carboxylic acids is 2. The van der Waals surface area contributed by atoms with E-state index < -0.39 is 5.91 Å². The highest BCUT2D eigenvalue weighted by Gasteiger charge is 2.27. The Bertz CT molecular complexity index is 1600. The lowest BCUT2D eigenvalue weighted by Gasteiger charge is -2.34. The third kappa shape index (κ3) is 5.03. The predicted molar refractivity (Wildman–Crippen MR) is 154 cm³/mol. The number of fused-ring (bicyclic) bond motifs is 3. The van der Waals surface area contributed by atoms with E-state index in [0.29, 0.717) is 40.7 Å². The van der Waals surface area contributed by atoms with Crippen LogP contribution in [0, 0.1) is 0 Å². The van der Waals surface area contributed by atoms with E-state index in [4.69, 9.17) is 28.9 Å². The average molecular weight is 557 g/mol. The van der Waals surface area contributed by atoms with Gasteiger partial charge in [-0.3, -0.25) is 19.5 Å². The predicted octanol–water partition coefficient (Wildman–Crippen LogP) is 5.68. The van der Waals surface area contributed by atoms with Crippen LogP contribution in [-0.4, -0.2) is 52.8 Å². The smallest absolute Gasteiger partial charge is 0.253 e. The van der Waals surface area contributed by atoms with Crippen LogP contribution in [0.15, 0.2) is 73.1 Å². The molecule has 8 heteroatoms. The fraction of sp³-hybridized carbons (Fsp3) is 0.194. The molecule has 0 spiro atoms. The number of primary amides is 1. The molecule has 2 N–H and O–H groups in total. The number of hydrogen-bond donors (Lipinski definition) is 1. The van der Waals surface area contributed by atoms with E-state index in [9.17, 15) is 9.59 Å². The number of rotatable bonds is 5. The van der Waals surface area contributed by atoms with Crippen molar-refractivity contribution in [2.45, 2.75) is 13.0 Å². The quantitative estimate of drug-likeness (QED) is 0.302. The molecule has 1 aromatic heterocycles. The van der Waals surface area contributed by atoms with Crippen molar-refractivity contribution in [3.8, 4) is 22.3 Å². The summed E-state index contributed by atoms with van der Waals surface area (Å²) in [5.41, 5.74) is 13.6. The fourth-order valence-electron chi connectivity index (χ4n) is 5.51. The van der Waals surface area contributed by atoms with Crippen molar-refractivity contribution in [2.75, 3.05) is 26.2 Å². The highest BCUT2D eigenvalue weighted by Crippen LogP contribution is 2.42. The molecule has 0 saturated carbocycles. The molecule has 1 fully saturated rings. The van der Waals surface area contributed by atoms with Gasteiger partial charge in [-0.15, -0.1) is 0 Å². The van der Waals surface area contributed by atoms with Gasteiger partial charge in [0, 0.05) is 56.2 Å². The molecule has 2 amide bonds. The van der Waals surface area contributed by atoms with Crippen molar-refractivity contribution in [1.82, 2.24) is 14.8 Å². The number of halogens is 2. The Hall–Kier alpha value is -3.71. The first kappa shape index (κ1) is 25.6. The van der Waals surface area contributed by atoms with Crippen molar-refractivity contribution in [3.63, 3.8) is 0 Å². The fourth-order valence-corrected chi connectivity index (χ4v) is 5.81. The summed E-state index contributed by atoms with van der Waals surface area (Å²) in [5, 5.41) is 0.896. The van der Waals surface area contributed by atoms with Crippen LogP contribution >= 0.6 is 23.2 Å². The second kappa shape index (κ2) is 10.5. The molecule has 0 atom stereocenters. The highest BCUT2D eigenvalue weighted by molar-refractivity contribution is 6.42. The summed E-state index contributed by atoms with van der Waals surface area (Å²) >= 11 is 12.4. The van der Waals surface area contributed by atoms with Crippen molar-refractivity contribution in [1.29, 1.82) is 0 Å². The summed E-state index contributed by atoms with van der Waals surface area (Å²) in [6.07, 6.45) is 4.25. The van der Waals surface area contributed by atoms with E-state index in [-0.39, 0.29) is 5.91 Å². The normalized spacial score (nSPS) is 14.7. The molecular formula is C31H26Cl2N4O2. The Morgan fingerprint density at radius 1 is 0.872 bits per heavy atom. The van der Waals surface area contributed by atoms with Crippen molar-refractivity contribution in [3.05, 3.63) is 111 Å². The minimum absolute atomic E-state index is 0.0167. The topological polar surface area (TPSA) is 79.5 Å². The third-order valence-electron chi connectivity index (χ3n) is 7.57. The van der Waals surface area contributed by atoms with Gasteiger partial charge in [-0.25, -0.2) is 0 Å². The Balaban J connectivity index is 1.27. The Labute approximate surface area is 237 Å². The number of pyridine rings is 1. The van der Waals surface area contributed by atoms with Crippen LogP contribution in [0.2, 0.25) is 10.0 Å². The number of carbonyl (C=O) groups is 2. The molecule has 3 aromatic carbocycles. The standard InChI is InChI=1S/C31H26Cl2N4O2/c32-28-6-5-20(16-29(28)33)23-14-25-24-13-22(4-3-21(24)12-26(25)27(15-23)30(34)38)31(39)37-10-8-36(9-11-37)18-19-2-1-7-35-17-19/h1-7,13-17H,8-12,18H2,(H2,34,38). The minimum atomic E-state index is -0.485. The third-order valence-corrected chi connectivity index (χ3v) is 8.31. The largest absolute Gasteiger partial charge is 0.366 e. The number of aromatic nitrogens is 1. The SMILES string of the molecule is NC(=O)c1cc(-c2ccc(Cl)c(Cl)c2)cc2c1Cc1ccc(C(=O)N3CCN(Cc4cccnc4)CC3)cc1-2. The van der Waals surface area contributed by atoms with E-state index in [1.807, 2.05) is 53.6 Å². The molecule has 6 nitrogen and oxygen atoms in total. The van der Waals surface area contributed by atoms with Crippen molar-refractivity contribution in [2.24, 2.45) is 5.73 Å². The summed E-state index contributed by atoms with van der Waals surface area (Å²) in [5.74, 6) is -0.468. The second-order valence-electron chi connectivity index (χ2n) is 10.0. The Morgan fingerprint density at radius 3 is 2.41 bits per heavy atom. The molecule has 1 saturated heterocycles. The number of amides is 2. The highest BCUT2D eigenvalue weighted by atomic mass is 35.5. The van der Waals surface area contributed by atoms with Gasteiger partial charge in [-0.1, -0.05) is 41.4 Å². The molecule has 2 heterocycles. The first-order valence-electron chi connectivity index (χ1n) is 12.8. The first-order valence-corrected chi connectivity index (χ1v) is 13.6. The zero-order chi connectivity index (χ0) is 27.1. The van der Waals surface area contributed by atoms with E-state index >= 15 is 0 Å². The monoisotopic (exact) mass is 556 g/mol. The lowest BCUT2D eigenvalue weighted by Crippen LogP contribution is -2.48. The van der Waals surface area contributed by atoms with Crippen LogP contribution in [0.3, 0.4) is 0 Å². The Morgan fingerprint density at radius 2 is 1.69 bits per heavy atom. The summed E-state index contributed by atoms with van der Waals surface area (Å²) in [6.45, 7) is 3.78. The Kier molecular flexibility index (Phi) is 6.85. The molecule has 6 rings (SSSR count).